The van der Waals surface area contributed by atoms with E-state index in [1.807, 2.05) is 0 Å². The van der Waals surface area contributed by atoms with Gasteiger partial charge in [-0.05, 0) is 33.6 Å². The summed E-state index contributed by atoms with van der Waals surface area (Å²) in [5.41, 5.74) is 6.76. The number of hydrogen-bond acceptors (Lipinski definition) is 5. The molecule has 0 aliphatic rings. The summed E-state index contributed by atoms with van der Waals surface area (Å²) in [5, 5.41) is 3.64. The van der Waals surface area contributed by atoms with E-state index in [0.29, 0.717) is 10.2 Å². The van der Waals surface area contributed by atoms with Crippen LogP contribution in [0.1, 0.15) is 11.3 Å². The SMILES string of the molecule is NCc1ccc(Br)c(S(=O)(=O)NCc2ccon2)c1. The standard InChI is InChI=1S/C11H12BrN3O3S/c12-10-2-1-8(6-13)5-11(10)19(16,17)14-7-9-3-4-18-15-9/h1-5,14H,6-7,13H2. The highest BCUT2D eigenvalue weighted by Gasteiger charge is 2.18. The summed E-state index contributed by atoms with van der Waals surface area (Å²) >= 11 is 3.22. The van der Waals surface area contributed by atoms with Gasteiger partial charge in [0.25, 0.3) is 0 Å². The van der Waals surface area contributed by atoms with Crippen LogP contribution in [0.15, 0.2) is 44.4 Å². The molecule has 102 valence electrons. The maximum atomic E-state index is 12.2. The van der Waals surface area contributed by atoms with Crippen molar-refractivity contribution in [3.05, 3.63) is 46.3 Å². The molecule has 0 amide bonds. The molecule has 0 radical (unpaired) electrons. The van der Waals surface area contributed by atoms with Gasteiger partial charge in [-0.2, -0.15) is 0 Å². The fourth-order valence-corrected chi connectivity index (χ4v) is 3.47. The quantitative estimate of drug-likeness (QED) is 0.852. The Morgan fingerprint density at radius 3 is 2.79 bits per heavy atom. The van der Waals surface area contributed by atoms with Gasteiger partial charge in [-0.15, -0.1) is 0 Å². The summed E-state index contributed by atoms with van der Waals surface area (Å²) < 4.78 is 31.9. The second kappa shape index (κ2) is 5.83. The number of nitrogens with two attached hydrogens (primary N) is 1. The van der Waals surface area contributed by atoms with Crippen LogP contribution in [-0.2, 0) is 23.1 Å². The molecular formula is C11H12BrN3O3S. The normalized spacial score (nSPS) is 11.7. The predicted molar refractivity (Wildman–Crippen MR) is 72.6 cm³/mol. The molecule has 0 aliphatic carbocycles. The zero-order valence-corrected chi connectivity index (χ0v) is 12.2. The molecule has 0 spiro atoms. The molecule has 0 saturated carbocycles. The highest BCUT2D eigenvalue weighted by Crippen LogP contribution is 2.23. The number of halogens is 1. The molecule has 1 heterocycles. The second-order valence-electron chi connectivity index (χ2n) is 3.78. The largest absolute Gasteiger partial charge is 0.364 e. The van der Waals surface area contributed by atoms with Crippen molar-refractivity contribution in [3.8, 4) is 0 Å². The monoisotopic (exact) mass is 345 g/mol. The molecule has 8 heteroatoms. The van der Waals surface area contributed by atoms with Crippen molar-refractivity contribution in [2.45, 2.75) is 18.0 Å². The molecule has 0 unspecified atom stereocenters. The smallest absolute Gasteiger partial charge is 0.242 e. The Labute approximate surface area is 119 Å². The number of benzene rings is 1. The number of nitrogens with one attached hydrogen (secondary N) is 1. The molecule has 1 aromatic heterocycles. The van der Waals surface area contributed by atoms with E-state index in [2.05, 4.69) is 30.3 Å². The lowest BCUT2D eigenvalue weighted by molar-refractivity contribution is 0.411. The van der Waals surface area contributed by atoms with Crippen LogP contribution in [0.5, 0.6) is 0 Å². The fourth-order valence-electron chi connectivity index (χ4n) is 1.46. The van der Waals surface area contributed by atoms with Gasteiger partial charge in [-0.25, -0.2) is 13.1 Å². The summed E-state index contributed by atoms with van der Waals surface area (Å²) in [6.07, 6.45) is 1.38. The van der Waals surface area contributed by atoms with Gasteiger partial charge >= 0.3 is 0 Å². The van der Waals surface area contributed by atoms with Gasteiger partial charge in [0.1, 0.15) is 6.26 Å². The molecule has 0 aliphatic heterocycles. The van der Waals surface area contributed by atoms with Crippen LogP contribution < -0.4 is 10.5 Å². The van der Waals surface area contributed by atoms with Crippen molar-refractivity contribution in [2.24, 2.45) is 5.73 Å². The molecule has 6 nitrogen and oxygen atoms in total. The Balaban J connectivity index is 2.23. The maximum Gasteiger partial charge on any atom is 0.242 e. The van der Waals surface area contributed by atoms with Gasteiger partial charge < -0.3 is 10.3 Å². The summed E-state index contributed by atoms with van der Waals surface area (Å²) in [4.78, 5) is 0.152. The minimum Gasteiger partial charge on any atom is -0.364 e. The zero-order valence-electron chi connectivity index (χ0n) is 9.84. The van der Waals surface area contributed by atoms with Crippen LogP contribution in [-0.4, -0.2) is 13.6 Å². The van der Waals surface area contributed by atoms with E-state index in [1.165, 1.54) is 12.3 Å². The van der Waals surface area contributed by atoms with Crippen LogP contribution >= 0.6 is 15.9 Å². The van der Waals surface area contributed by atoms with Crippen molar-refractivity contribution >= 4 is 26.0 Å². The molecule has 19 heavy (non-hydrogen) atoms. The first kappa shape index (κ1) is 14.2. The van der Waals surface area contributed by atoms with Crippen LogP contribution in [0, 0.1) is 0 Å². The lowest BCUT2D eigenvalue weighted by Gasteiger charge is -2.08. The third-order valence-corrected chi connectivity index (χ3v) is 4.85. The van der Waals surface area contributed by atoms with Gasteiger partial charge in [-0.3, -0.25) is 0 Å². The van der Waals surface area contributed by atoms with Crippen LogP contribution in [0.25, 0.3) is 0 Å². The number of aromatic nitrogens is 1. The van der Waals surface area contributed by atoms with E-state index < -0.39 is 10.0 Å². The summed E-state index contributed by atoms with van der Waals surface area (Å²) in [6.45, 7) is 0.344. The highest BCUT2D eigenvalue weighted by molar-refractivity contribution is 9.10. The Morgan fingerprint density at radius 2 is 2.16 bits per heavy atom. The van der Waals surface area contributed by atoms with E-state index >= 15 is 0 Å². The zero-order chi connectivity index (χ0) is 13.9. The van der Waals surface area contributed by atoms with Gasteiger partial charge in [0.15, 0.2) is 0 Å². The van der Waals surface area contributed by atoms with Crippen molar-refractivity contribution in [3.63, 3.8) is 0 Å². The molecule has 0 saturated heterocycles. The molecule has 0 bridgehead atoms. The first-order valence-corrected chi connectivity index (χ1v) is 7.68. The molecule has 1 aromatic carbocycles. The third kappa shape index (κ3) is 3.41. The van der Waals surface area contributed by atoms with E-state index in [4.69, 9.17) is 5.73 Å². The molecule has 2 rings (SSSR count). The van der Waals surface area contributed by atoms with Gasteiger partial charge in [0.05, 0.1) is 17.1 Å². The highest BCUT2D eigenvalue weighted by atomic mass is 79.9. The number of sulfonamides is 1. The Bertz CT molecular complexity index is 656. The molecule has 0 fully saturated rings. The van der Waals surface area contributed by atoms with E-state index in [-0.39, 0.29) is 18.0 Å². The van der Waals surface area contributed by atoms with Gasteiger partial charge in [0.2, 0.25) is 10.0 Å². The number of hydrogen-bond donors (Lipinski definition) is 2. The Kier molecular flexibility index (Phi) is 4.35. The first-order chi connectivity index (χ1) is 9.03. The minimum atomic E-state index is -3.63. The summed E-state index contributed by atoms with van der Waals surface area (Å²) in [5.74, 6) is 0. The van der Waals surface area contributed by atoms with E-state index in [1.54, 1.807) is 18.2 Å². The molecule has 2 aromatic rings. The van der Waals surface area contributed by atoms with Crippen molar-refractivity contribution < 1.29 is 12.9 Å². The van der Waals surface area contributed by atoms with Crippen molar-refractivity contribution in [1.29, 1.82) is 0 Å². The van der Waals surface area contributed by atoms with Crippen molar-refractivity contribution in [1.82, 2.24) is 9.88 Å². The van der Waals surface area contributed by atoms with E-state index in [9.17, 15) is 8.42 Å². The lowest BCUT2D eigenvalue weighted by Crippen LogP contribution is -2.24. The maximum absolute atomic E-state index is 12.2. The average Bonchev–Trinajstić information content (AvgIpc) is 2.90. The van der Waals surface area contributed by atoms with Gasteiger partial charge in [-0.1, -0.05) is 11.2 Å². The first-order valence-electron chi connectivity index (χ1n) is 5.40. The fraction of sp³-hybridized carbons (Fsp3) is 0.182. The summed E-state index contributed by atoms with van der Waals surface area (Å²) in [7, 11) is -3.63. The third-order valence-electron chi connectivity index (χ3n) is 2.46. The lowest BCUT2D eigenvalue weighted by atomic mass is 10.2. The Morgan fingerprint density at radius 1 is 1.37 bits per heavy atom. The topological polar surface area (TPSA) is 98.2 Å². The van der Waals surface area contributed by atoms with Gasteiger partial charge in [0, 0.05) is 17.1 Å². The minimum absolute atomic E-state index is 0.0676. The summed E-state index contributed by atoms with van der Waals surface area (Å²) in [6, 6.07) is 6.55. The Hall–Kier alpha value is -1.22. The molecule has 3 N–H and O–H groups in total. The van der Waals surface area contributed by atoms with E-state index in [0.717, 1.165) is 5.56 Å². The van der Waals surface area contributed by atoms with Crippen LogP contribution in [0.3, 0.4) is 0 Å². The number of nitrogens with zero attached hydrogens (tertiary/aromatic N) is 1. The van der Waals surface area contributed by atoms with Crippen molar-refractivity contribution in [2.75, 3.05) is 0 Å². The molecule has 0 atom stereocenters. The average molecular weight is 346 g/mol. The predicted octanol–water partition coefficient (Wildman–Crippen LogP) is 1.37. The number of rotatable bonds is 5. The van der Waals surface area contributed by atoms with Crippen LogP contribution in [0.2, 0.25) is 0 Å². The second-order valence-corrected chi connectivity index (χ2v) is 6.37. The van der Waals surface area contributed by atoms with Crippen LogP contribution in [0.4, 0.5) is 0 Å². The molecular weight excluding hydrogens is 334 g/mol.